The topological polar surface area (TPSA) is 30.5 Å². The minimum absolute atomic E-state index is 0.217. The van der Waals surface area contributed by atoms with Crippen molar-refractivity contribution in [3.63, 3.8) is 0 Å². The van der Waals surface area contributed by atoms with Crippen LogP contribution < -0.4 is 10.1 Å². The molecule has 1 atom stereocenters. The molecule has 0 aliphatic carbocycles. The molecule has 4 heteroatoms. The first kappa shape index (κ1) is 16.6. The molecule has 0 bridgehead atoms. The standard InChI is InChI=1S/C17H26ClNO2/c1-13(2)10-19-11-15-16(18)7-5-8-17(15)21-12-14-6-3-4-9-20-14/h5,7-8,13-14,19H,3-4,6,9-12H2,1-2H3. The molecule has 1 saturated heterocycles. The van der Waals surface area contributed by atoms with Crippen LogP contribution in [0.4, 0.5) is 0 Å². The van der Waals surface area contributed by atoms with Gasteiger partial charge in [-0.2, -0.15) is 0 Å². The van der Waals surface area contributed by atoms with Crippen LogP contribution in [0.15, 0.2) is 18.2 Å². The molecular weight excluding hydrogens is 286 g/mol. The van der Waals surface area contributed by atoms with Gasteiger partial charge >= 0.3 is 0 Å². The highest BCUT2D eigenvalue weighted by molar-refractivity contribution is 6.31. The average Bonchev–Trinajstić information content (AvgIpc) is 2.48. The summed E-state index contributed by atoms with van der Waals surface area (Å²) in [6.45, 7) is 7.55. The number of halogens is 1. The highest BCUT2D eigenvalue weighted by Gasteiger charge is 2.16. The molecule has 1 aliphatic heterocycles. The fraction of sp³-hybridized carbons (Fsp3) is 0.647. The predicted molar refractivity (Wildman–Crippen MR) is 87.1 cm³/mol. The van der Waals surface area contributed by atoms with Gasteiger partial charge in [0.2, 0.25) is 0 Å². The first-order valence-electron chi connectivity index (χ1n) is 7.89. The summed E-state index contributed by atoms with van der Waals surface area (Å²) >= 11 is 6.31. The fourth-order valence-electron chi connectivity index (χ4n) is 2.45. The van der Waals surface area contributed by atoms with Gasteiger partial charge in [0.15, 0.2) is 0 Å². The Morgan fingerprint density at radius 3 is 2.95 bits per heavy atom. The van der Waals surface area contributed by atoms with Crippen LogP contribution in [0.1, 0.15) is 38.7 Å². The van der Waals surface area contributed by atoms with Crippen molar-refractivity contribution in [1.29, 1.82) is 0 Å². The first-order chi connectivity index (χ1) is 10.2. The highest BCUT2D eigenvalue weighted by Crippen LogP contribution is 2.27. The van der Waals surface area contributed by atoms with Crippen molar-refractivity contribution >= 4 is 11.6 Å². The van der Waals surface area contributed by atoms with Crippen molar-refractivity contribution in [3.8, 4) is 5.75 Å². The summed E-state index contributed by atoms with van der Waals surface area (Å²) in [4.78, 5) is 0. The number of nitrogens with one attached hydrogen (secondary N) is 1. The van der Waals surface area contributed by atoms with Crippen LogP contribution in [-0.2, 0) is 11.3 Å². The quantitative estimate of drug-likeness (QED) is 0.824. The monoisotopic (exact) mass is 311 g/mol. The molecule has 1 aromatic carbocycles. The van der Waals surface area contributed by atoms with E-state index in [2.05, 4.69) is 19.2 Å². The minimum Gasteiger partial charge on any atom is -0.490 e. The molecule has 0 radical (unpaired) electrons. The second-order valence-corrected chi connectivity index (χ2v) is 6.45. The number of rotatable bonds is 7. The van der Waals surface area contributed by atoms with Gasteiger partial charge in [-0.3, -0.25) is 0 Å². The van der Waals surface area contributed by atoms with Crippen LogP contribution in [0, 0.1) is 5.92 Å². The Balaban J connectivity index is 1.92. The van der Waals surface area contributed by atoms with E-state index in [1.165, 1.54) is 6.42 Å². The molecule has 0 spiro atoms. The van der Waals surface area contributed by atoms with E-state index in [0.29, 0.717) is 12.5 Å². The van der Waals surface area contributed by atoms with Crippen molar-refractivity contribution in [1.82, 2.24) is 5.32 Å². The van der Waals surface area contributed by atoms with Crippen LogP contribution in [0.3, 0.4) is 0 Å². The molecule has 1 aliphatic rings. The van der Waals surface area contributed by atoms with Gasteiger partial charge in [0.05, 0.1) is 6.10 Å². The molecule has 1 N–H and O–H groups in total. The summed E-state index contributed by atoms with van der Waals surface area (Å²) in [5.41, 5.74) is 1.04. The molecular formula is C17H26ClNO2. The lowest BCUT2D eigenvalue weighted by molar-refractivity contribution is -0.0112. The van der Waals surface area contributed by atoms with E-state index in [1.54, 1.807) is 0 Å². The second kappa shape index (κ2) is 8.62. The van der Waals surface area contributed by atoms with Gasteiger partial charge in [0.1, 0.15) is 12.4 Å². The zero-order valence-electron chi connectivity index (χ0n) is 13.0. The SMILES string of the molecule is CC(C)CNCc1c(Cl)cccc1OCC1CCCCO1. The normalized spacial score (nSPS) is 19.0. The molecule has 1 heterocycles. The number of hydrogen-bond donors (Lipinski definition) is 1. The molecule has 0 amide bonds. The van der Waals surface area contributed by atoms with Crippen LogP contribution in [0.25, 0.3) is 0 Å². The Morgan fingerprint density at radius 2 is 2.24 bits per heavy atom. The molecule has 1 unspecified atom stereocenters. The lowest BCUT2D eigenvalue weighted by Crippen LogP contribution is -2.26. The van der Waals surface area contributed by atoms with Gasteiger partial charge in [-0.1, -0.05) is 31.5 Å². The number of ether oxygens (including phenoxy) is 2. The van der Waals surface area contributed by atoms with Crippen molar-refractivity contribution < 1.29 is 9.47 Å². The van der Waals surface area contributed by atoms with Crippen LogP contribution >= 0.6 is 11.6 Å². The van der Waals surface area contributed by atoms with E-state index in [9.17, 15) is 0 Å². The van der Waals surface area contributed by atoms with Gasteiger partial charge in [0, 0.05) is 23.7 Å². The molecule has 118 valence electrons. The summed E-state index contributed by atoms with van der Waals surface area (Å²) in [6.07, 6.45) is 3.69. The Hall–Kier alpha value is -0.770. The third-order valence-electron chi connectivity index (χ3n) is 3.63. The Bertz CT molecular complexity index is 431. The van der Waals surface area contributed by atoms with E-state index >= 15 is 0 Å². The molecule has 2 rings (SSSR count). The highest BCUT2D eigenvalue weighted by atomic mass is 35.5. The van der Waals surface area contributed by atoms with Crippen LogP contribution in [0.2, 0.25) is 5.02 Å². The molecule has 0 saturated carbocycles. The maximum absolute atomic E-state index is 6.31. The Labute approximate surface area is 133 Å². The Morgan fingerprint density at radius 1 is 1.38 bits per heavy atom. The van der Waals surface area contributed by atoms with E-state index in [1.807, 2.05) is 18.2 Å². The molecule has 0 aromatic heterocycles. The third-order valence-corrected chi connectivity index (χ3v) is 3.98. The summed E-state index contributed by atoms with van der Waals surface area (Å²) in [6, 6.07) is 5.84. The average molecular weight is 312 g/mol. The number of benzene rings is 1. The molecule has 3 nitrogen and oxygen atoms in total. The first-order valence-corrected chi connectivity index (χ1v) is 8.27. The molecule has 1 fully saturated rings. The second-order valence-electron chi connectivity index (χ2n) is 6.04. The fourth-order valence-corrected chi connectivity index (χ4v) is 2.69. The lowest BCUT2D eigenvalue weighted by Gasteiger charge is -2.23. The minimum atomic E-state index is 0.217. The van der Waals surface area contributed by atoms with E-state index < -0.39 is 0 Å². The van der Waals surface area contributed by atoms with Crippen molar-refractivity contribution in [2.75, 3.05) is 19.8 Å². The van der Waals surface area contributed by atoms with Crippen LogP contribution in [0.5, 0.6) is 5.75 Å². The van der Waals surface area contributed by atoms with Crippen molar-refractivity contribution in [2.24, 2.45) is 5.92 Å². The van der Waals surface area contributed by atoms with Gasteiger partial charge in [-0.05, 0) is 43.9 Å². The van der Waals surface area contributed by atoms with Gasteiger partial charge < -0.3 is 14.8 Å². The van der Waals surface area contributed by atoms with Crippen molar-refractivity contribution in [3.05, 3.63) is 28.8 Å². The maximum atomic E-state index is 6.31. The lowest BCUT2D eigenvalue weighted by atomic mass is 10.1. The zero-order valence-corrected chi connectivity index (χ0v) is 13.8. The zero-order chi connectivity index (χ0) is 15.1. The summed E-state index contributed by atoms with van der Waals surface area (Å²) in [5.74, 6) is 1.49. The summed E-state index contributed by atoms with van der Waals surface area (Å²) < 4.78 is 11.7. The van der Waals surface area contributed by atoms with E-state index in [4.69, 9.17) is 21.1 Å². The van der Waals surface area contributed by atoms with Crippen molar-refractivity contribution in [2.45, 2.75) is 45.8 Å². The summed E-state index contributed by atoms with van der Waals surface area (Å²) in [7, 11) is 0. The maximum Gasteiger partial charge on any atom is 0.125 e. The third kappa shape index (κ3) is 5.50. The van der Waals surface area contributed by atoms with Gasteiger partial charge in [-0.15, -0.1) is 0 Å². The Kier molecular flexibility index (Phi) is 6.81. The predicted octanol–water partition coefficient (Wildman–Crippen LogP) is 4.03. The van der Waals surface area contributed by atoms with E-state index in [0.717, 1.165) is 48.9 Å². The molecule has 1 aromatic rings. The largest absolute Gasteiger partial charge is 0.490 e. The van der Waals surface area contributed by atoms with Gasteiger partial charge in [-0.25, -0.2) is 0 Å². The smallest absolute Gasteiger partial charge is 0.125 e. The van der Waals surface area contributed by atoms with Crippen LogP contribution in [-0.4, -0.2) is 25.9 Å². The van der Waals surface area contributed by atoms with E-state index in [-0.39, 0.29) is 6.10 Å². The number of hydrogen-bond acceptors (Lipinski definition) is 3. The summed E-state index contributed by atoms with van der Waals surface area (Å²) in [5, 5.41) is 4.18. The molecule has 21 heavy (non-hydrogen) atoms. The van der Waals surface area contributed by atoms with Gasteiger partial charge in [0.25, 0.3) is 0 Å².